The lowest BCUT2D eigenvalue weighted by molar-refractivity contribution is -0.131. The lowest BCUT2D eigenvalue weighted by Crippen LogP contribution is -2.42. The van der Waals surface area contributed by atoms with E-state index in [4.69, 9.17) is 4.74 Å². The van der Waals surface area contributed by atoms with Gasteiger partial charge in [0.25, 0.3) is 0 Å². The van der Waals surface area contributed by atoms with Crippen LogP contribution in [0.3, 0.4) is 0 Å². The van der Waals surface area contributed by atoms with Crippen molar-refractivity contribution in [3.63, 3.8) is 0 Å². The molecule has 0 N–H and O–H groups in total. The fourth-order valence-corrected chi connectivity index (χ4v) is 4.59. The smallest absolute Gasteiger partial charge is 0.339 e. The van der Waals surface area contributed by atoms with E-state index in [1.165, 1.54) is 25.4 Å². The monoisotopic (exact) mass is 460 g/mol. The molecule has 0 spiro atoms. The molecule has 3 rings (SSSR count). The maximum atomic E-state index is 12.8. The van der Waals surface area contributed by atoms with Crippen molar-refractivity contribution in [1.29, 1.82) is 0 Å². The van der Waals surface area contributed by atoms with Crippen molar-refractivity contribution in [3.8, 4) is 0 Å². The first-order valence-electron chi connectivity index (χ1n) is 10.5. The highest BCUT2D eigenvalue weighted by Crippen LogP contribution is 2.17. The van der Waals surface area contributed by atoms with Gasteiger partial charge in [-0.3, -0.25) is 4.79 Å². The molecular weight excluding hydrogens is 432 g/mol. The van der Waals surface area contributed by atoms with Gasteiger partial charge in [-0.15, -0.1) is 0 Å². The highest BCUT2D eigenvalue weighted by Gasteiger charge is 2.26. The molecule has 2 heterocycles. The Balaban J connectivity index is 1.59. The van der Waals surface area contributed by atoms with Crippen molar-refractivity contribution in [3.05, 3.63) is 54.2 Å². The van der Waals surface area contributed by atoms with Gasteiger partial charge in [-0.2, -0.15) is 4.31 Å². The lowest BCUT2D eigenvalue weighted by Gasteiger charge is -2.25. The van der Waals surface area contributed by atoms with Crippen LogP contribution in [0.2, 0.25) is 0 Å². The quantitative estimate of drug-likeness (QED) is 0.579. The number of sulfonamides is 1. The average molecular weight is 461 g/mol. The van der Waals surface area contributed by atoms with Crippen molar-refractivity contribution < 1.29 is 22.7 Å². The Bertz CT molecular complexity index is 1030. The fourth-order valence-electron chi connectivity index (χ4n) is 3.45. The summed E-state index contributed by atoms with van der Waals surface area (Å²) >= 11 is 0. The predicted molar refractivity (Wildman–Crippen MR) is 120 cm³/mol. The lowest BCUT2D eigenvalue weighted by atomic mass is 10.2. The summed E-state index contributed by atoms with van der Waals surface area (Å²) in [6.45, 7) is 4.09. The van der Waals surface area contributed by atoms with Gasteiger partial charge in [-0.1, -0.05) is 18.2 Å². The average Bonchev–Trinajstić information content (AvgIpc) is 3.06. The number of nitrogens with zero attached hydrogens (tertiary/aromatic N) is 4. The molecule has 9 nitrogen and oxygen atoms in total. The predicted octanol–water partition coefficient (Wildman–Crippen LogP) is 1.62. The van der Waals surface area contributed by atoms with E-state index in [2.05, 4.69) is 4.98 Å². The number of amides is 1. The molecule has 1 fully saturated rings. The van der Waals surface area contributed by atoms with Gasteiger partial charge in [0.15, 0.2) is 0 Å². The second-order valence-electron chi connectivity index (χ2n) is 7.42. The fraction of sp³-hybridized carbons (Fsp3) is 0.409. The zero-order chi connectivity index (χ0) is 23.1. The summed E-state index contributed by atoms with van der Waals surface area (Å²) in [5.74, 6) is 0.0735. The van der Waals surface area contributed by atoms with Crippen LogP contribution in [-0.4, -0.2) is 80.9 Å². The van der Waals surface area contributed by atoms with Gasteiger partial charge in [-0.05, 0) is 37.6 Å². The van der Waals surface area contributed by atoms with E-state index in [9.17, 15) is 18.0 Å². The van der Waals surface area contributed by atoms with Gasteiger partial charge >= 0.3 is 5.97 Å². The van der Waals surface area contributed by atoms with Crippen LogP contribution in [0.1, 0.15) is 23.7 Å². The van der Waals surface area contributed by atoms with Crippen LogP contribution >= 0.6 is 0 Å². The zero-order valence-corrected chi connectivity index (χ0v) is 19.1. The molecule has 1 amide bonds. The molecule has 1 aromatic heterocycles. The minimum atomic E-state index is -3.72. The van der Waals surface area contributed by atoms with Crippen LogP contribution in [0.15, 0.2) is 53.6 Å². The van der Waals surface area contributed by atoms with E-state index in [0.29, 0.717) is 38.3 Å². The SMILES string of the molecule is CCOC(=O)c1ccc(N2CCCN(C(=O)CN(C)S(=O)(=O)c3ccccc3)CC2)nc1. The highest BCUT2D eigenvalue weighted by atomic mass is 32.2. The van der Waals surface area contributed by atoms with Crippen LogP contribution in [0.4, 0.5) is 5.82 Å². The second-order valence-corrected chi connectivity index (χ2v) is 9.47. The molecule has 0 saturated carbocycles. The molecule has 0 radical (unpaired) electrons. The number of hydrogen-bond donors (Lipinski definition) is 0. The van der Waals surface area contributed by atoms with Crippen molar-refractivity contribution in [2.45, 2.75) is 18.2 Å². The van der Waals surface area contributed by atoms with Gasteiger partial charge in [0.1, 0.15) is 5.82 Å². The molecule has 1 saturated heterocycles. The third-order valence-corrected chi connectivity index (χ3v) is 7.06. The van der Waals surface area contributed by atoms with Gasteiger partial charge in [0.2, 0.25) is 15.9 Å². The molecule has 2 aromatic rings. The van der Waals surface area contributed by atoms with Crippen LogP contribution in [0.25, 0.3) is 0 Å². The normalized spacial score (nSPS) is 14.8. The first-order chi connectivity index (χ1) is 15.3. The highest BCUT2D eigenvalue weighted by molar-refractivity contribution is 7.89. The molecule has 10 heteroatoms. The Hall–Kier alpha value is -2.98. The van der Waals surface area contributed by atoms with Crippen LogP contribution < -0.4 is 4.90 Å². The molecule has 1 aliphatic heterocycles. The number of aromatic nitrogens is 1. The van der Waals surface area contributed by atoms with E-state index in [-0.39, 0.29) is 17.3 Å². The van der Waals surface area contributed by atoms with E-state index < -0.39 is 16.0 Å². The first kappa shape index (κ1) is 23.7. The second kappa shape index (κ2) is 10.6. The number of carbonyl (C=O) groups excluding carboxylic acids is 2. The van der Waals surface area contributed by atoms with Crippen molar-refractivity contribution in [2.24, 2.45) is 0 Å². The number of pyridine rings is 1. The van der Waals surface area contributed by atoms with E-state index >= 15 is 0 Å². The molecular formula is C22H28N4O5S. The molecule has 0 unspecified atom stereocenters. The number of ether oxygens (including phenoxy) is 1. The minimum Gasteiger partial charge on any atom is -0.462 e. The van der Waals surface area contributed by atoms with Crippen molar-refractivity contribution >= 4 is 27.7 Å². The molecule has 1 aromatic carbocycles. The largest absolute Gasteiger partial charge is 0.462 e. The number of esters is 1. The Morgan fingerprint density at radius 2 is 1.81 bits per heavy atom. The first-order valence-corrected chi connectivity index (χ1v) is 11.9. The summed E-state index contributed by atoms with van der Waals surface area (Å²) in [5, 5.41) is 0. The summed E-state index contributed by atoms with van der Waals surface area (Å²) in [5.41, 5.74) is 0.393. The number of benzene rings is 1. The minimum absolute atomic E-state index is 0.162. The van der Waals surface area contributed by atoms with Gasteiger partial charge in [-0.25, -0.2) is 18.2 Å². The maximum absolute atomic E-state index is 12.8. The Kier molecular flexibility index (Phi) is 7.81. The molecule has 1 aliphatic rings. The molecule has 172 valence electrons. The van der Waals surface area contributed by atoms with E-state index in [1.54, 1.807) is 42.2 Å². The number of hydrogen-bond acceptors (Lipinski definition) is 7. The Morgan fingerprint density at radius 3 is 2.47 bits per heavy atom. The van der Waals surface area contributed by atoms with Crippen LogP contribution in [0.5, 0.6) is 0 Å². The standard InChI is InChI=1S/C22H28N4O5S/c1-3-31-22(28)18-10-11-20(23-16-18)25-12-7-13-26(15-14-25)21(27)17-24(2)32(29,30)19-8-5-4-6-9-19/h4-6,8-11,16H,3,7,12-15,17H2,1-2H3. The van der Waals surface area contributed by atoms with Crippen molar-refractivity contribution in [1.82, 2.24) is 14.2 Å². The van der Waals surface area contributed by atoms with Crippen LogP contribution in [0, 0.1) is 0 Å². The van der Waals surface area contributed by atoms with Gasteiger partial charge < -0.3 is 14.5 Å². The number of likely N-dealkylation sites (N-methyl/N-ethyl adjacent to an activating group) is 1. The van der Waals surface area contributed by atoms with E-state index in [1.807, 2.05) is 4.90 Å². The maximum Gasteiger partial charge on any atom is 0.339 e. The third kappa shape index (κ3) is 5.63. The summed E-state index contributed by atoms with van der Waals surface area (Å²) < 4.78 is 31.4. The zero-order valence-electron chi connectivity index (χ0n) is 18.3. The molecule has 32 heavy (non-hydrogen) atoms. The third-order valence-electron chi connectivity index (χ3n) is 5.24. The van der Waals surface area contributed by atoms with Gasteiger partial charge in [0, 0.05) is 39.4 Å². The number of anilines is 1. The topological polar surface area (TPSA) is 100 Å². The molecule has 0 aliphatic carbocycles. The summed E-state index contributed by atoms with van der Waals surface area (Å²) in [6.07, 6.45) is 2.22. The Labute approximate surface area is 188 Å². The van der Waals surface area contributed by atoms with E-state index in [0.717, 1.165) is 16.5 Å². The Morgan fingerprint density at radius 1 is 1.06 bits per heavy atom. The molecule has 0 atom stereocenters. The number of carbonyl (C=O) groups is 2. The van der Waals surface area contributed by atoms with Gasteiger partial charge in [0.05, 0.1) is 23.6 Å². The van der Waals surface area contributed by atoms with Crippen molar-refractivity contribution in [2.75, 3.05) is 51.3 Å². The molecule has 0 bridgehead atoms. The number of rotatable bonds is 7. The summed E-state index contributed by atoms with van der Waals surface area (Å²) in [6, 6.07) is 11.5. The summed E-state index contributed by atoms with van der Waals surface area (Å²) in [4.78, 5) is 32.8. The van der Waals surface area contributed by atoms with Crippen LogP contribution in [-0.2, 0) is 19.6 Å². The summed E-state index contributed by atoms with van der Waals surface area (Å²) in [7, 11) is -2.31.